The van der Waals surface area contributed by atoms with Crippen molar-refractivity contribution in [1.82, 2.24) is 15.0 Å². The molecule has 0 aliphatic rings. The maximum absolute atomic E-state index is 13.0. The summed E-state index contributed by atoms with van der Waals surface area (Å²) in [6.07, 6.45) is -1.75. The summed E-state index contributed by atoms with van der Waals surface area (Å²) in [7, 11) is 0. The van der Waals surface area contributed by atoms with Gasteiger partial charge in [0.15, 0.2) is 11.5 Å². The van der Waals surface area contributed by atoms with Crippen molar-refractivity contribution in [3.05, 3.63) is 36.2 Å². The number of aromatic nitrogens is 3. The number of halogens is 4. The Bertz CT molecular complexity index is 689. The molecule has 0 radical (unpaired) electrons. The molecule has 0 fully saturated rings. The standard InChI is InChI=1S/C12H8F4N4O.C2H6/c1-6(21)19-11-10(12(14,15)16)20-9(5-18-11)7-2-8(13)4-17-3-7;1-2/h2-5H,1H3,(H,18,19,21);1-2H3. The minimum Gasteiger partial charge on any atom is -0.309 e. The van der Waals surface area contributed by atoms with E-state index in [-0.39, 0.29) is 11.3 Å². The average Bonchev–Trinajstić information content (AvgIpc) is 2.48. The molecule has 0 aliphatic heterocycles. The Labute approximate surface area is 129 Å². The average molecular weight is 330 g/mol. The lowest BCUT2D eigenvalue weighted by atomic mass is 10.2. The van der Waals surface area contributed by atoms with Gasteiger partial charge in [-0.3, -0.25) is 9.78 Å². The van der Waals surface area contributed by atoms with Crippen molar-refractivity contribution >= 4 is 11.7 Å². The molecule has 23 heavy (non-hydrogen) atoms. The molecule has 2 rings (SSSR count). The molecule has 0 atom stereocenters. The summed E-state index contributed by atoms with van der Waals surface area (Å²) in [4.78, 5) is 21.3. The monoisotopic (exact) mass is 330 g/mol. The van der Waals surface area contributed by atoms with Crippen LogP contribution >= 0.6 is 0 Å². The summed E-state index contributed by atoms with van der Waals surface area (Å²) in [5.41, 5.74) is -1.52. The number of pyridine rings is 1. The highest BCUT2D eigenvalue weighted by Gasteiger charge is 2.37. The fraction of sp³-hybridized carbons (Fsp3) is 0.286. The second-order valence-corrected chi connectivity index (χ2v) is 4.02. The normalized spacial score (nSPS) is 10.6. The quantitative estimate of drug-likeness (QED) is 0.853. The molecule has 0 bridgehead atoms. The zero-order valence-corrected chi connectivity index (χ0v) is 12.6. The van der Waals surface area contributed by atoms with Gasteiger partial charge in [-0.15, -0.1) is 0 Å². The van der Waals surface area contributed by atoms with Crippen LogP contribution in [0.25, 0.3) is 11.3 Å². The minimum absolute atomic E-state index is 0.0439. The molecule has 2 heterocycles. The number of alkyl halides is 3. The van der Waals surface area contributed by atoms with Crippen LogP contribution in [-0.2, 0) is 11.0 Å². The van der Waals surface area contributed by atoms with Crippen LogP contribution in [0.15, 0.2) is 24.7 Å². The first-order chi connectivity index (χ1) is 10.8. The molecule has 0 aliphatic carbocycles. The van der Waals surface area contributed by atoms with Crippen molar-refractivity contribution in [3.63, 3.8) is 0 Å². The molecule has 0 aromatic carbocycles. The van der Waals surface area contributed by atoms with E-state index in [0.29, 0.717) is 0 Å². The van der Waals surface area contributed by atoms with Gasteiger partial charge in [0, 0.05) is 18.7 Å². The number of hydrogen-bond acceptors (Lipinski definition) is 4. The molecule has 0 unspecified atom stereocenters. The molecule has 5 nitrogen and oxygen atoms in total. The van der Waals surface area contributed by atoms with E-state index in [1.54, 1.807) is 0 Å². The van der Waals surface area contributed by atoms with Crippen molar-refractivity contribution < 1.29 is 22.4 Å². The fourth-order valence-corrected chi connectivity index (χ4v) is 1.54. The molecule has 2 aromatic rings. The second-order valence-electron chi connectivity index (χ2n) is 4.02. The van der Waals surface area contributed by atoms with Crippen molar-refractivity contribution in [3.8, 4) is 11.3 Å². The topological polar surface area (TPSA) is 67.8 Å². The highest BCUT2D eigenvalue weighted by molar-refractivity contribution is 5.88. The highest BCUT2D eigenvalue weighted by Crippen LogP contribution is 2.33. The van der Waals surface area contributed by atoms with Crippen molar-refractivity contribution in [2.24, 2.45) is 0 Å². The highest BCUT2D eigenvalue weighted by atomic mass is 19.4. The largest absolute Gasteiger partial charge is 0.437 e. The number of carbonyl (C=O) groups excluding carboxylic acids is 1. The summed E-state index contributed by atoms with van der Waals surface area (Å²) >= 11 is 0. The number of rotatable bonds is 2. The first kappa shape index (κ1) is 18.5. The SMILES string of the molecule is CC.CC(=O)Nc1ncc(-c2cncc(F)c2)nc1C(F)(F)F. The fourth-order valence-electron chi connectivity index (χ4n) is 1.54. The Morgan fingerprint density at radius 2 is 1.83 bits per heavy atom. The van der Waals surface area contributed by atoms with Crippen molar-refractivity contribution in [2.75, 3.05) is 5.32 Å². The third kappa shape index (κ3) is 4.97. The minimum atomic E-state index is -4.82. The molecular weight excluding hydrogens is 316 g/mol. The molecule has 1 amide bonds. The van der Waals surface area contributed by atoms with Crippen LogP contribution in [0.4, 0.5) is 23.4 Å². The van der Waals surface area contributed by atoms with E-state index in [4.69, 9.17) is 0 Å². The molecule has 124 valence electrons. The van der Waals surface area contributed by atoms with E-state index in [1.165, 1.54) is 0 Å². The Hall–Kier alpha value is -2.58. The Balaban J connectivity index is 0.00000127. The van der Waals surface area contributed by atoms with Gasteiger partial charge in [-0.1, -0.05) is 13.8 Å². The maximum Gasteiger partial charge on any atom is 0.437 e. The van der Waals surface area contributed by atoms with Crippen LogP contribution in [0.2, 0.25) is 0 Å². The Kier molecular flexibility index (Phi) is 6.11. The number of nitrogens with one attached hydrogen (secondary N) is 1. The van der Waals surface area contributed by atoms with Gasteiger partial charge in [-0.2, -0.15) is 13.2 Å². The molecule has 0 spiro atoms. The van der Waals surface area contributed by atoms with Crippen LogP contribution in [0.5, 0.6) is 0 Å². The summed E-state index contributed by atoms with van der Waals surface area (Å²) in [5, 5.41) is 1.95. The lowest BCUT2D eigenvalue weighted by Gasteiger charge is -2.12. The van der Waals surface area contributed by atoms with E-state index >= 15 is 0 Å². The van der Waals surface area contributed by atoms with E-state index in [1.807, 2.05) is 19.2 Å². The van der Waals surface area contributed by atoms with Gasteiger partial charge in [0.1, 0.15) is 5.82 Å². The van der Waals surface area contributed by atoms with Gasteiger partial charge < -0.3 is 5.32 Å². The first-order valence-corrected chi connectivity index (χ1v) is 6.60. The van der Waals surface area contributed by atoms with Gasteiger partial charge in [0.2, 0.25) is 5.91 Å². The number of hydrogen-bond donors (Lipinski definition) is 1. The van der Waals surface area contributed by atoms with Gasteiger partial charge in [0.05, 0.1) is 18.1 Å². The maximum atomic E-state index is 13.0. The van der Waals surface area contributed by atoms with Gasteiger partial charge in [-0.25, -0.2) is 14.4 Å². The van der Waals surface area contributed by atoms with Crippen LogP contribution in [0.1, 0.15) is 26.5 Å². The first-order valence-electron chi connectivity index (χ1n) is 6.60. The zero-order chi connectivity index (χ0) is 17.6. The number of amides is 1. The van der Waals surface area contributed by atoms with E-state index in [0.717, 1.165) is 31.6 Å². The third-order valence-corrected chi connectivity index (χ3v) is 2.34. The lowest BCUT2D eigenvalue weighted by molar-refractivity contribution is -0.140. The third-order valence-electron chi connectivity index (χ3n) is 2.34. The summed E-state index contributed by atoms with van der Waals surface area (Å²) in [5.74, 6) is -2.13. The van der Waals surface area contributed by atoms with Crippen molar-refractivity contribution in [2.45, 2.75) is 26.9 Å². The molecule has 1 N–H and O–H groups in total. The Morgan fingerprint density at radius 1 is 1.17 bits per heavy atom. The smallest absolute Gasteiger partial charge is 0.309 e. The molecular formula is C14H14F4N4O. The number of carbonyl (C=O) groups is 1. The summed E-state index contributed by atoms with van der Waals surface area (Å²) in [6.45, 7) is 5.05. The van der Waals surface area contributed by atoms with Crippen LogP contribution in [0.3, 0.4) is 0 Å². The van der Waals surface area contributed by atoms with Crippen LogP contribution in [0, 0.1) is 5.82 Å². The molecule has 0 saturated carbocycles. The van der Waals surface area contributed by atoms with Gasteiger partial charge in [0.25, 0.3) is 0 Å². The predicted octanol–water partition coefficient (Wildman–Crippen LogP) is 3.68. The van der Waals surface area contributed by atoms with E-state index in [2.05, 4.69) is 15.0 Å². The van der Waals surface area contributed by atoms with Gasteiger partial charge >= 0.3 is 6.18 Å². The van der Waals surface area contributed by atoms with Crippen LogP contribution in [-0.4, -0.2) is 20.9 Å². The Morgan fingerprint density at radius 3 is 2.35 bits per heavy atom. The summed E-state index contributed by atoms with van der Waals surface area (Å²) in [6, 6.07) is 0.981. The number of nitrogens with zero attached hydrogens (tertiary/aromatic N) is 3. The van der Waals surface area contributed by atoms with Crippen molar-refractivity contribution in [1.29, 1.82) is 0 Å². The number of anilines is 1. The predicted molar refractivity (Wildman–Crippen MR) is 75.9 cm³/mol. The molecule has 0 saturated heterocycles. The van der Waals surface area contributed by atoms with Crippen LogP contribution < -0.4 is 5.32 Å². The lowest BCUT2D eigenvalue weighted by Crippen LogP contribution is -2.17. The van der Waals surface area contributed by atoms with Gasteiger partial charge in [-0.05, 0) is 6.07 Å². The zero-order valence-electron chi connectivity index (χ0n) is 12.6. The second kappa shape index (κ2) is 7.61. The molecule has 2 aromatic heterocycles. The van der Waals surface area contributed by atoms with E-state index < -0.39 is 29.4 Å². The molecule has 9 heteroatoms. The van der Waals surface area contributed by atoms with E-state index in [9.17, 15) is 22.4 Å². The summed E-state index contributed by atoms with van der Waals surface area (Å²) < 4.78 is 51.8.